The maximum absolute atomic E-state index is 14.9. The number of phenols is 1. The van der Waals surface area contributed by atoms with Crippen LogP contribution in [0.1, 0.15) is 30.0 Å². The van der Waals surface area contributed by atoms with E-state index in [0.717, 1.165) is 53.8 Å². The number of pyridine rings is 1. The van der Waals surface area contributed by atoms with Gasteiger partial charge in [-0.25, -0.2) is 9.37 Å². The molecule has 5 rings (SSSR count). The standard InChI is InChI=1S/C26H27FN4O/c1-31-11-8-18(9-12-31)25-15-23-21(7-10-28-26(23)30-25)22-14-19(5-6-24(22)27)29-16-17-3-2-4-20(32)13-17/h2-7,10,13-15,18,29,32H,8-9,11-12,16H2,1H3,(H,28,30). The number of piperidine rings is 1. The molecule has 0 amide bonds. The molecule has 1 saturated heterocycles. The van der Waals surface area contributed by atoms with Gasteiger partial charge >= 0.3 is 0 Å². The molecule has 3 heterocycles. The van der Waals surface area contributed by atoms with Gasteiger partial charge < -0.3 is 20.3 Å². The normalized spacial score (nSPS) is 15.3. The smallest absolute Gasteiger partial charge is 0.138 e. The molecule has 0 unspecified atom stereocenters. The van der Waals surface area contributed by atoms with Crippen molar-refractivity contribution in [3.8, 4) is 16.9 Å². The van der Waals surface area contributed by atoms with Gasteiger partial charge in [-0.3, -0.25) is 0 Å². The van der Waals surface area contributed by atoms with Crippen LogP contribution < -0.4 is 5.32 Å². The number of anilines is 1. The van der Waals surface area contributed by atoms with Crippen molar-refractivity contribution < 1.29 is 9.50 Å². The van der Waals surface area contributed by atoms with E-state index in [0.29, 0.717) is 18.0 Å². The minimum Gasteiger partial charge on any atom is -0.508 e. The summed E-state index contributed by atoms with van der Waals surface area (Å²) < 4.78 is 14.9. The fourth-order valence-electron chi connectivity index (χ4n) is 4.53. The van der Waals surface area contributed by atoms with Gasteiger partial charge in [0.2, 0.25) is 0 Å². The van der Waals surface area contributed by atoms with Crippen molar-refractivity contribution in [2.75, 3.05) is 25.5 Å². The maximum atomic E-state index is 14.9. The van der Waals surface area contributed by atoms with E-state index in [-0.39, 0.29) is 11.6 Å². The molecule has 5 nitrogen and oxygen atoms in total. The van der Waals surface area contributed by atoms with E-state index >= 15 is 0 Å². The molecule has 164 valence electrons. The van der Waals surface area contributed by atoms with E-state index < -0.39 is 0 Å². The van der Waals surface area contributed by atoms with Gasteiger partial charge in [-0.15, -0.1) is 0 Å². The lowest BCUT2D eigenvalue weighted by Crippen LogP contribution is -2.29. The van der Waals surface area contributed by atoms with Gasteiger partial charge in [-0.2, -0.15) is 0 Å². The van der Waals surface area contributed by atoms with Crippen molar-refractivity contribution in [2.24, 2.45) is 0 Å². The first-order valence-corrected chi connectivity index (χ1v) is 11.0. The van der Waals surface area contributed by atoms with Crippen LogP contribution in [-0.2, 0) is 6.54 Å². The van der Waals surface area contributed by atoms with Gasteiger partial charge in [0.05, 0.1) is 0 Å². The Hall–Kier alpha value is -3.38. The van der Waals surface area contributed by atoms with Gasteiger partial charge in [0.15, 0.2) is 0 Å². The predicted octanol–water partition coefficient (Wildman–Crippen LogP) is 5.50. The number of hydrogen-bond donors (Lipinski definition) is 3. The molecule has 3 N–H and O–H groups in total. The molecule has 1 aliphatic rings. The number of phenolic OH excluding ortho intramolecular Hbond substituents is 1. The third kappa shape index (κ3) is 4.18. The highest BCUT2D eigenvalue weighted by molar-refractivity contribution is 5.94. The van der Waals surface area contributed by atoms with Crippen molar-refractivity contribution in [3.63, 3.8) is 0 Å². The topological polar surface area (TPSA) is 64.2 Å². The molecule has 1 aliphatic heterocycles. The SMILES string of the molecule is CN1CCC(c2cc3c(-c4cc(NCc5cccc(O)c5)ccc4F)ccnc3[nH]2)CC1. The number of nitrogens with zero attached hydrogens (tertiary/aromatic N) is 2. The Balaban J connectivity index is 1.44. The van der Waals surface area contributed by atoms with Gasteiger partial charge in [-0.05, 0) is 86.6 Å². The summed E-state index contributed by atoms with van der Waals surface area (Å²) in [5, 5.41) is 13.9. The Morgan fingerprint density at radius 1 is 1.09 bits per heavy atom. The second kappa shape index (κ2) is 8.63. The molecule has 4 aromatic rings. The second-order valence-corrected chi connectivity index (χ2v) is 8.64. The summed E-state index contributed by atoms with van der Waals surface area (Å²) in [4.78, 5) is 10.3. The van der Waals surface area contributed by atoms with Gasteiger partial charge in [0, 0.05) is 41.0 Å². The highest BCUT2D eigenvalue weighted by Crippen LogP contribution is 2.35. The number of nitrogens with one attached hydrogen (secondary N) is 2. The molecule has 32 heavy (non-hydrogen) atoms. The van der Waals surface area contributed by atoms with Crippen LogP contribution in [0.3, 0.4) is 0 Å². The van der Waals surface area contributed by atoms with Gasteiger partial charge in [0.25, 0.3) is 0 Å². The molecule has 2 aromatic heterocycles. The Bertz CT molecular complexity index is 1240. The summed E-state index contributed by atoms with van der Waals surface area (Å²) in [7, 11) is 2.16. The van der Waals surface area contributed by atoms with Crippen LogP contribution in [0.2, 0.25) is 0 Å². The molecule has 0 aliphatic carbocycles. The Labute approximate surface area is 186 Å². The number of rotatable bonds is 5. The van der Waals surface area contributed by atoms with Crippen LogP contribution >= 0.6 is 0 Å². The zero-order valence-electron chi connectivity index (χ0n) is 18.1. The number of aromatic amines is 1. The molecule has 0 atom stereocenters. The summed E-state index contributed by atoms with van der Waals surface area (Å²) >= 11 is 0. The number of aromatic hydroxyl groups is 1. The molecule has 0 radical (unpaired) electrons. The van der Waals surface area contributed by atoms with Crippen LogP contribution in [0.15, 0.2) is 60.8 Å². The van der Waals surface area contributed by atoms with E-state index in [4.69, 9.17) is 0 Å². The van der Waals surface area contributed by atoms with Gasteiger partial charge in [0.1, 0.15) is 17.2 Å². The minimum absolute atomic E-state index is 0.233. The minimum atomic E-state index is -0.262. The van der Waals surface area contributed by atoms with E-state index in [1.165, 1.54) is 11.8 Å². The Morgan fingerprint density at radius 2 is 1.94 bits per heavy atom. The number of aromatic nitrogens is 2. The monoisotopic (exact) mass is 430 g/mol. The van der Waals surface area contributed by atoms with Crippen molar-refractivity contribution in [3.05, 3.63) is 77.9 Å². The summed E-state index contributed by atoms with van der Waals surface area (Å²) in [5.41, 5.74) is 5.15. The molecule has 1 fully saturated rings. The molecular formula is C26H27FN4O. The summed E-state index contributed by atoms with van der Waals surface area (Å²) in [6.07, 6.45) is 3.96. The highest BCUT2D eigenvalue weighted by atomic mass is 19.1. The number of likely N-dealkylation sites (tertiary alicyclic amines) is 1. The fraction of sp³-hybridized carbons (Fsp3) is 0.269. The van der Waals surface area contributed by atoms with Crippen LogP contribution in [0.4, 0.5) is 10.1 Å². The molecule has 0 spiro atoms. The number of benzene rings is 2. The molecule has 6 heteroatoms. The summed E-state index contributed by atoms with van der Waals surface area (Å²) in [6, 6.07) is 16.2. The van der Waals surface area contributed by atoms with E-state index in [1.54, 1.807) is 24.4 Å². The number of halogens is 1. The quantitative estimate of drug-likeness (QED) is 0.391. The van der Waals surface area contributed by atoms with Crippen LogP contribution in [0, 0.1) is 5.82 Å². The van der Waals surface area contributed by atoms with E-state index in [1.807, 2.05) is 24.3 Å². The zero-order chi connectivity index (χ0) is 22.1. The zero-order valence-corrected chi connectivity index (χ0v) is 18.1. The van der Waals surface area contributed by atoms with Crippen molar-refractivity contribution in [1.29, 1.82) is 0 Å². The molecule has 0 bridgehead atoms. The summed E-state index contributed by atoms with van der Waals surface area (Å²) in [6.45, 7) is 2.71. The first-order valence-electron chi connectivity index (χ1n) is 11.0. The largest absolute Gasteiger partial charge is 0.508 e. The van der Waals surface area contributed by atoms with Crippen LogP contribution in [0.25, 0.3) is 22.2 Å². The Morgan fingerprint density at radius 3 is 2.75 bits per heavy atom. The molecule has 0 saturated carbocycles. The van der Waals surface area contributed by atoms with Crippen molar-refractivity contribution >= 4 is 16.7 Å². The average molecular weight is 431 g/mol. The van der Waals surface area contributed by atoms with Crippen LogP contribution in [-0.4, -0.2) is 40.1 Å². The molecular weight excluding hydrogens is 403 g/mol. The van der Waals surface area contributed by atoms with Crippen molar-refractivity contribution in [1.82, 2.24) is 14.9 Å². The number of hydrogen-bond acceptors (Lipinski definition) is 4. The van der Waals surface area contributed by atoms with E-state index in [2.05, 4.69) is 33.3 Å². The lowest BCUT2D eigenvalue weighted by atomic mass is 9.93. The molecule has 2 aromatic carbocycles. The fourth-order valence-corrected chi connectivity index (χ4v) is 4.53. The highest BCUT2D eigenvalue weighted by Gasteiger charge is 2.21. The lowest BCUT2D eigenvalue weighted by molar-refractivity contribution is 0.254. The predicted molar refractivity (Wildman–Crippen MR) is 126 cm³/mol. The third-order valence-electron chi connectivity index (χ3n) is 6.37. The first-order chi connectivity index (χ1) is 15.6. The number of H-pyrrole nitrogens is 1. The van der Waals surface area contributed by atoms with Crippen LogP contribution in [0.5, 0.6) is 5.75 Å². The maximum Gasteiger partial charge on any atom is 0.138 e. The Kier molecular flexibility index (Phi) is 5.53. The van der Waals surface area contributed by atoms with E-state index in [9.17, 15) is 9.50 Å². The van der Waals surface area contributed by atoms with Gasteiger partial charge in [-0.1, -0.05) is 12.1 Å². The number of fused-ring (bicyclic) bond motifs is 1. The second-order valence-electron chi connectivity index (χ2n) is 8.64. The average Bonchev–Trinajstić information content (AvgIpc) is 3.24. The third-order valence-corrected chi connectivity index (χ3v) is 6.37. The van der Waals surface area contributed by atoms with Crippen molar-refractivity contribution in [2.45, 2.75) is 25.3 Å². The first kappa shape index (κ1) is 20.5. The summed E-state index contributed by atoms with van der Waals surface area (Å²) in [5.74, 6) is 0.451. The lowest BCUT2D eigenvalue weighted by Gasteiger charge is -2.28.